The van der Waals surface area contributed by atoms with E-state index < -0.39 is 0 Å². The van der Waals surface area contributed by atoms with E-state index in [9.17, 15) is 4.79 Å². The van der Waals surface area contributed by atoms with Crippen LogP contribution in [-0.2, 0) is 0 Å². The van der Waals surface area contributed by atoms with Gasteiger partial charge in [-0.2, -0.15) is 10.1 Å². The normalized spacial score (nSPS) is 17.8. The first-order valence-electron chi connectivity index (χ1n) is 3.78. The molecule has 11 heavy (non-hydrogen) atoms. The van der Waals surface area contributed by atoms with Crippen molar-refractivity contribution in [2.45, 2.75) is 25.2 Å². The fraction of sp³-hybridized carbons (Fsp3) is 0.571. The molecule has 1 N–H and O–H groups in total. The number of hydrogen-bond acceptors (Lipinski definition) is 3. The standard InChI is InChI=1S/C7H9N3O/c11-7-8-4-6(9-10-7)5-2-1-3-5/h4-5H,1-3H2,(H,8,10,11). The second-order valence-electron chi connectivity index (χ2n) is 2.84. The summed E-state index contributed by atoms with van der Waals surface area (Å²) in [6.07, 6.45) is 5.20. The van der Waals surface area contributed by atoms with Crippen LogP contribution in [0.2, 0.25) is 0 Å². The predicted molar refractivity (Wildman–Crippen MR) is 39.2 cm³/mol. The lowest BCUT2D eigenvalue weighted by atomic mass is 9.83. The van der Waals surface area contributed by atoms with E-state index in [2.05, 4.69) is 15.2 Å². The van der Waals surface area contributed by atoms with Crippen LogP contribution in [0.15, 0.2) is 11.0 Å². The summed E-state index contributed by atoms with van der Waals surface area (Å²) in [5.41, 5.74) is 0.559. The lowest BCUT2D eigenvalue weighted by Gasteiger charge is -2.23. The van der Waals surface area contributed by atoms with Crippen LogP contribution >= 0.6 is 0 Å². The van der Waals surface area contributed by atoms with E-state index in [1.54, 1.807) is 6.20 Å². The molecule has 0 saturated heterocycles. The van der Waals surface area contributed by atoms with Crippen LogP contribution < -0.4 is 5.69 Å². The van der Waals surface area contributed by atoms with E-state index in [-0.39, 0.29) is 5.69 Å². The van der Waals surface area contributed by atoms with Crippen molar-refractivity contribution in [3.05, 3.63) is 22.4 Å². The third-order valence-corrected chi connectivity index (χ3v) is 2.12. The molecule has 1 aromatic rings. The Morgan fingerprint density at radius 3 is 2.82 bits per heavy atom. The predicted octanol–water partition coefficient (Wildman–Crippen LogP) is 0.432. The zero-order valence-electron chi connectivity index (χ0n) is 6.08. The van der Waals surface area contributed by atoms with Gasteiger partial charge in [0.25, 0.3) is 0 Å². The van der Waals surface area contributed by atoms with Crippen LogP contribution in [-0.4, -0.2) is 15.2 Å². The fourth-order valence-electron chi connectivity index (χ4n) is 1.20. The zero-order valence-corrected chi connectivity index (χ0v) is 6.08. The molecule has 0 radical (unpaired) electrons. The molecule has 0 unspecified atom stereocenters. The smallest absolute Gasteiger partial charge is 0.244 e. The molecule has 0 spiro atoms. The molecule has 1 heterocycles. The molecule has 0 amide bonds. The number of H-pyrrole nitrogens is 1. The number of nitrogens with one attached hydrogen (secondary N) is 1. The van der Waals surface area contributed by atoms with Gasteiger partial charge in [-0.05, 0) is 12.8 Å². The van der Waals surface area contributed by atoms with Gasteiger partial charge in [-0.25, -0.2) is 9.89 Å². The molecule has 1 fully saturated rings. The molecule has 0 aliphatic heterocycles. The molecule has 1 aliphatic rings. The first-order valence-corrected chi connectivity index (χ1v) is 3.78. The van der Waals surface area contributed by atoms with E-state index in [1.165, 1.54) is 19.3 Å². The van der Waals surface area contributed by atoms with Crippen molar-refractivity contribution in [1.29, 1.82) is 0 Å². The topological polar surface area (TPSA) is 58.6 Å². The summed E-state index contributed by atoms with van der Waals surface area (Å²) in [7, 11) is 0. The van der Waals surface area contributed by atoms with Crippen LogP contribution in [0.4, 0.5) is 0 Å². The number of aromatic nitrogens is 3. The average molecular weight is 151 g/mol. The van der Waals surface area contributed by atoms with Gasteiger partial charge < -0.3 is 0 Å². The minimum absolute atomic E-state index is 0.368. The number of nitrogens with zero attached hydrogens (tertiary/aromatic N) is 2. The Morgan fingerprint density at radius 1 is 1.55 bits per heavy atom. The maximum atomic E-state index is 10.5. The first kappa shape index (κ1) is 6.52. The molecule has 2 rings (SSSR count). The van der Waals surface area contributed by atoms with Gasteiger partial charge in [0.05, 0.1) is 11.9 Å². The van der Waals surface area contributed by atoms with Crippen molar-refractivity contribution in [2.24, 2.45) is 0 Å². The van der Waals surface area contributed by atoms with Gasteiger partial charge >= 0.3 is 5.69 Å². The van der Waals surface area contributed by atoms with Gasteiger partial charge in [0.1, 0.15) is 0 Å². The van der Waals surface area contributed by atoms with Crippen molar-refractivity contribution in [3.63, 3.8) is 0 Å². The third-order valence-electron chi connectivity index (χ3n) is 2.12. The van der Waals surface area contributed by atoms with Crippen LogP contribution in [0.25, 0.3) is 0 Å². The Hall–Kier alpha value is -1.19. The van der Waals surface area contributed by atoms with E-state index >= 15 is 0 Å². The number of hydrogen-bond donors (Lipinski definition) is 1. The Kier molecular flexibility index (Phi) is 1.45. The van der Waals surface area contributed by atoms with Crippen LogP contribution in [0.3, 0.4) is 0 Å². The van der Waals surface area contributed by atoms with Gasteiger partial charge in [0.2, 0.25) is 0 Å². The summed E-state index contributed by atoms with van der Waals surface area (Å²) in [6, 6.07) is 0. The number of aromatic amines is 1. The van der Waals surface area contributed by atoms with Crippen LogP contribution in [0.5, 0.6) is 0 Å². The summed E-state index contributed by atoms with van der Waals surface area (Å²) >= 11 is 0. The SMILES string of the molecule is O=c1ncc(C2CCC2)n[nH]1. The summed E-state index contributed by atoms with van der Waals surface area (Å²) < 4.78 is 0. The highest BCUT2D eigenvalue weighted by molar-refractivity contribution is 5.04. The summed E-state index contributed by atoms with van der Waals surface area (Å²) in [5, 5.41) is 6.23. The largest absolute Gasteiger partial charge is 0.361 e. The molecular weight excluding hydrogens is 142 g/mol. The fourth-order valence-corrected chi connectivity index (χ4v) is 1.20. The van der Waals surface area contributed by atoms with Gasteiger partial charge in [-0.3, -0.25) is 0 Å². The Morgan fingerprint density at radius 2 is 2.36 bits per heavy atom. The van der Waals surface area contributed by atoms with Crippen molar-refractivity contribution in [2.75, 3.05) is 0 Å². The van der Waals surface area contributed by atoms with Crippen molar-refractivity contribution < 1.29 is 0 Å². The van der Waals surface area contributed by atoms with Crippen molar-refractivity contribution in [3.8, 4) is 0 Å². The molecule has 0 aromatic carbocycles. The highest BCUT2D eigenvalue weighted by Gasteiger charge is 2.20. The van der Waals surface area contributed by atoms with Crippen molar-refractivity contribution in [1.82, 2.24) is 15.2 Å². The third kappa shape index (κ3) is 1.15. The molecule has 4 heteroatoms. The van der Waals surface area contributed by atoms with Gasteiger partial charge in [0, 0.05) is 5.92 Å². The average Bonchev–Trinajstić information content (AvgIpc) is 1.90. The Balaban J connectivity index is 2.25. The molecule has 1 aromatic heterocycles. The summed E-state index contributed by atoms with van der Waals surface area (Å²) in [6.45, 7) is 0. The van der Waals surface area contributed by atoms with Gasteiger partial charge in [-0.15, -0.1) is 0 Å². The zero-order chi connectivity index (χ0) is 7.68. The van der Waals surface area contributed by atoms with Gasteiger partial charge in [0.15, 0.2) is 0 Å². The molecule has 0 atom stereocenters. The highest BCUT2D eigenvalue weighted by atomic mass is 16.1. The number of rotatable bonds is 1. The Bertz CT molecular complexity index is 282. The maximum absolute atomic E-state index is 10.5. The van der Waals surface area contributed by atoms with E-state index in [1.807, 2.05) is 0 Å². The Labute approximate surface area is 63.7 Å². The second-order valence-corrected chi connectivity index (χ2v) is 2.84. The highest BCUT2D eigenvalue weighted by Crippen LogP contribution is 2.34. The molecule has 4 nitrogen and oxygen atoms in total. The molecule has 1 saturated carbocycles. The summed E-state index contributed by atoms with van der Waals surface area (Å²) in [4.78, 5) is 14.1. The molecule has 1 aliphatic carbocycles. The quantitative estimate of drug-likeness (QED) is 0.633. The molecule has 0 bridgehead atoms. The monoisotopic (exact) mass is 151 g/mol. The first-order chi connectivity index (χ1) is 5.36. The molecule has 58 valence electrons. The summed E-state index contributed by atoms with van der Waals surface area (Å²) in [5.74, 6) is 0.541. The second kappa shape index (κ2) is 2.45. The lowest BCUT2D eigenvalue weighted by Crippen LogP contribution is -2.17. The van der Waals surface area contributed by atoms with Crippen molar-refractivity contribution >= 4 is 0 Å². The minimum Gasteiger partial charge on any atom is -0.244 e. The van der Waals surface area contributed by atoms with Gasteiger partial charge in [-0.1, -0.05) is 6.42 Å². The maximum Gasteiger partial charge on any atom is 0.361 e. The van der Waals surface area contributed by atoms with Crippen LogP contribution in [0, 0.1) is 0 Å². The minimum atomic E-state index is -0.368. The molecular formula is C7H9N3O. The van der Waals surface area contributed by atoms with Crippen LogP contribution in [0.1, 0.15) is 30.9 Å². The van der Waals surface area contributed by atoms with E-state index in [0.29, 0.717) is 5.92 Å². The van der Waals surface area contributed by atoms with E-state index in [0.717, 1.165) is 5.69 Å². The van der Waals surface area contributed by atoms with E-state index in [4.69, 9.17) is 0 Å². The lowest BCUT2D eigenvalue weighted by molar-refractivity contribution is 0.405.